The van der Waals surface area contributed by atoms with E-state index in [1.54, 1.807) is 18.3 Å². The molecule has 1 aliphatic heterocycles. The second-order valence-electron chi connectivity index (χ2n) is 5.59. The Morgan fingerprint density at radius 1 is 1.36 bits per heavy atom. The lowest BCUT2D eigenvalue weighted by Gasteiger charge is -2.33. The molecule has 0 radical (unpaired) electrons. The lowest BCUT2D eigenvalue weighted by molar-refractivity contribution is 0.0981. The first-order chi connectivity index (χ1) is 10.2. The summed E-state index contributed by atoms with van der Waals surface area (Å²) in [7, 11) is 0. The van der Waals surface area contributed by atoms with Crippen LogP contribution in [0, 0.1) is 5.92 Å². The van der Waals surface area contributed by atoms with E-state index in [1.807, 2.05) is 23.1 Å². The normalized spacial score (nSPS) is 16.6. The Bertz CT molecular complexity index is 674. The number of aromatic nitrogens is 1. The molecule has 0 bridgehead atoms. The van der Waals surface area contributed by atoms with Crippen LogP contribution in [0.2, 0.25) is 0 Å². The van der Waals surface area contributed by atoms with Gasteiger partial charge in [0.1, 0.15) is 0 Å². The highest BCUT2D eigenvalue weighted by Crippen LogP contribution is 2.30. The highest BCUT2D eigenvalue weighted by Gasteiger charge is 2.26. The largest absolute Gasteiger partial charge is 0.325 e. The van der Waals surface area contributed by atoms with Crippen LogP contribution in [0.25, 0.3) is 0 Å². The zero-order valence-corrected chi connectivity index (χ0v) is 13.3. The molecule has 5 heteroatoms. The van der Waals surface area contributed by atoms with Crippen molar-refractivity contribution in [3.8, 4) is 0 Å². The van der Waals surface area contributed by atoms with Crippen molar-refractivity contribution in [2.75, 3.05) is 11.4 Å². The smallest absolute Gasteiger partial charge is 0.258 e. The van der Waals surface area contributed by atoms with Crippen LogP contribution in [0.4, 0.5) is 5.69 Å². The van der Waals surface area contributed by atoms with Crippen molar-refractivity contribution >= 4 is 24.0 Å². The van der Waals surface area contributed by atoms with Crippen molar-refractivity contribution in [1.29, 1.82) is 0 Å². The summed E-state index contributed by atoms with van der Waals surface area (Å²) in [6.45, 7) is 3.26. The van der Waals surface area contributed by atoms with Crippen molar-refractivity contribution in [2.24, 2.45) is 11.7 Å². The van der Waals surface area contributed by atoms with E-state index < -0.39 is 0 Å². The number of para-hydroxylation sites is 1. The first kappa shape index (κ1) is 16.5. The Morgan fingerprint density at radius 2 is 2.14 bits per heavy atom. The molecule has 0 saturated carbocycles. The molecule has 2 heterocycles. The van der Waals surface area contributed by atoms with Crippen LogP contribution in [-0.4, -0.2) is 17.4 Å². The van der Waals surface area contributed by atoms with Crippen molar-refractivity contribution < 1.29 is 4.79 Å². The second-order valence-corrected chi connectivity index (χ2v) is 5.59. The SMILES string of the molecule is CC1Cc2ccccc2N(C(=O)c2ccnc(CN)c2)C1.Cl. The predicted octanol–water partition coefficient (Wildman–Crippen LogP) is 2.80. The molecule has 3 rings (SSSR count). The summed E-state index contributed by atoms with van der Waals surface area (Å²) in [5.74, 6) is 0.478. The first-order valence-electron chi connectivity index (χ1n) is 7.24. The topological polar surface area (TPSA) is 59.2 Å². The maximum absolute atomic E-state index is 12.8. The Kier molecular flexibility index (Phi) is 5.16. The van der Waals surface area contributed by atoms with Gasteiger partial charge in [0.15, 0.2) is 0 Å². The van der Waals surface area contributed by atoms with E-state index in [0.29, 0.717) is 18.0 Å². The van der Waals surface area contributed by atoms with Gasteiger partial charge in [0.2, 0.25) is 0 Å². The second kappa shape index (κ2) is 6.90. The fourth-order valence-electron chi connectivity index (χ4n) is 2.87. The van der Waals surface area contributed by atoms with E-state index in [4.69, 9.17) is 5.73 Å². The number of amides is 1. The zero-order valence-electron chi connectivity index (χ0n) is 12.5. The summed E-state index contributed by atoms with van der Waals surface area (Å²) in [5.41, 5.74) is 9.25. The Morgan fingerprint density at radius 3 is 2.91 bits per heavy atom. The Hall–Kier alpha value is -1.91. The standard InChI is InChI=1S/C17H19N3O.ClH/c1-12-8-13-4-2-3-5-16(13)20(11-12)17(21)14-6-7-19-15(9-14)10-18;/h2-7,9,12H,8,10-11,18H2,1H3;1H. The van der Waals surface area contributed by atoms with Gasteiger partial charge in [-0.3, -0.25) is 9.78 Å². The summed E-state index contributed by atoms with van der Waals surface area (Å²) in [6.07, 6.45) is 2.67. The first-order valence-corrected chi connectivity index (χ1v) is 7.24. The van der Waals surface area contributed by atoms with Crippen LogP contribution in [0.5, 0.6) is 0 Å². The number of nitrogens with two attached hydrogens (primary N) is 1. The molecule has 0 spiro atoms. The summed E-state index contributed by atoms with van der Waals surface area (Å²) >= 11 is 0. The number of anilines is 1. The van der Waals surface area contributed by atoms with E-state index in [-0.39, 0.29) is 18.3 Å². The van der Waals surface area contributed by atoms with Crippen molar-refractivity contribution in [3.63, 3.8) is 0 Å². The maximum Gasteiger partial charge on any atom is 0.258 e. The number of nitrogens with zero attached hydrogens (tertiary/aromatic N) is 2. The van der Waals surface area contributed by atoms with E-state index in [2.05, 4.69) is 18.0 Å². The molecule has 1 atom stereocenters. The van der Waals surface area contributed by atoms with E-state index in [0.717, 1.165) is 24.3 Å². The van der Waals surface area contributed by atoms with Gasteiger partial charge >= 0.3 is 0 Å². The minimum Gasteiger partial charge on any atom is -0.325 e. The van der Waals surface area contributed by atoms with Crippen LogP contribution in [-0.2, 0) is 13.0 Å². The third-order valence-corrected chi connectivity index (χ3v) is 3.86. The molecule has 22 heavy (non-hydrogen) atoms. The van der Waals surface area contributed by atoms with Gasteiger partial charge in [0.05, 0.1) is 5.69 Å². The van der Waals surface area contributed by atoms with Gasteiger partial charge in [0.25, 0.3) is 5.91 Å². The molecule has 1 aromatic heterocycles. The number of carbonyl (C=O) groups is 1. The molecular formula is C17H20ClN3O. The molecule has 1 aliphatic rings. The van der Waals surface area contributed by atoms with Crippen LogP contribution in [0.3, 0.4) is 0 Å². The quantitative estimate of drug-likeness (QED) is 0.926. The van der Waals surface area contributed by atoms with Gasteiger partial charge in [-0.1, -0.05) is 25.1 Å². The summed E-state index contributed by atoms with van der Waals surface area (Å²) in [5, 5.41) is 0. The number of pyridine rings is 1. The van der Waals surface area contributed by atoms with Crippen LogP contribution in [0.15, 0.2) is 42.6 Å². The average Bonchev–Trinajstić information content (AvgIpc) is 2.53. The molecule has 2 N–H and O–H groups in total. The predicted molar refractivity (Wildman–Crippen MR) is 90.4 cm³/mol. The number of carbonyl (C=O) groups excluding carboxylic acids is 1. The number of fused-ring (bicyclic) bond motifs is 1. The minimum atomic E-state index is 0. The Balaban J connectivity index is 0.00000176. The van der Waals surface area contributed by atoms with Gasteiger partial charge in [-0.25, -0.2) is 0 Å². The van der Waals surface area contributed by atoms with Gasteiger partial charge in [-0.05, 0) is 36.1 Å². The molecule has 1 aromatic carbocycles. The molecule has 2 aromatic rings. The highest BCUT2D eigenvalue weighted by molar-refractivity contribution is 6.06. The third-order valence-electron chi connectivity index (χ3n) is 3.86. The lowest BCUT2D eigenvalue weighted by Crippen LogP contribution is -2.39. The number of hydrogen-bond donors (Lipinski definition) is 1. The lowest BCUT2D eigenvalue weighted by atomic mass is 9.93. The van der Waals surface area contributed by atoms with Gasteiger partial charge in [-0.15, -0.1) is 12.4 Å². The summed E-state index contributed by atoms with van der Waals surface area (Å²) in [6, 6.07) is 11.7. The third kappa shape index (κ3) is 3.13. The molecular weight excluding hydrogens is 298 g/mol. The number of hydrogen-bond acceptors (Lipinski definition) is 3. The average molecular weight is 318 g/mol. The summed E-state index contributed by atoms with van der Waals surface area (Å²) in [4.78, 5) is 18.9. The highest BCUT2D eigenvalue weighted by atomic mass is 35.5. The zero-order chi connectivity index (χ0) is 14.8. The van der Waals surface area contributed by atoms with Crippen LogP contribution in [0.1, 0.15) is 28.5 Å². The maximum atomic E-state index is 12.8. The number of rotatable bonds is 2. The van der Waals surface area contributed by atoms with E-state index in [9.17, 15) is 4.79 Å². The molecule has 0 fully saturated rings. The molecule has 1 amide bonds. The molecule has 0 aliphatic carbocycles. The van der Waals surface area contributed by atoms with Gasteiger partial charge in [0, 0.05) is 30.5 Å². The van der Waals surface area contributed by atoms with Crippen LogP contribution < -0.4 is 10.6 Å². The fourth-order valence-corrected chi connectivity index (χ4v) is 2.87. The Labute approximate surface area is 136 Å². The van der Waals surface area contributed by atoms with Crippen molar-refractivity contribution in [2.45, 2.75) is 19.9 Å². The van der Waals surface area contributed by atoms with Gasteiger partial charge < -0.3 is 10.6 Å². The molecule has 4 nitrogen and oxygen atoms in total. The van der Waals surface area contributed by atoms with Crippen molar-refractivity contribution in [1.82, 2.24) is 4.98 Å². The van der Waals surface area contributed by atoms with Gasteiger partial charge in [-0.2, -0.15) is 0 Å². The van der Waals surface area contributed by atoms with E-state index in [1.165, 1.54) is 5.56 Å². The van der Waals surface area contributed by atoms with Crippen LogP contribution >= 0.6 is 12.4 Å². The van der Waals surface area contributed by atoms with Crippen molar-refractivity contribution in [3.05, 3.63) is 59.4 Å². The fraction of sp³-hybridized carbons (Fsp3) is 0.294. The molecule has 116 valence electrons. The summed E-state index contributed by atoms with van der Waals surface area (Å²) < 4.78 is 0. The number of halogens is 1. The molecule has 1 unspecified atom stereocenters. The minimum absolute atomic E-state index is 0. The monoisotopic (exact) mass is 317 g/mol. The number of benzene rings is 1. The van der Waals surface area contributed by atoms with E-state index >= 15 is 0 Å². The molecule has 0 saturated heterocycles.